The van der Waals surface area contributed by atoms with Gasteiger partial charge in [0.1, 0.15) is 18.1 Å². The van der Waals surface area contributed by atoms with E-state index >= 15 is 0 Å². The number of hydrogen-bond acceptors (Lipinski definition) is 3. The van der Waals surface area contributed by atoms with Crippen molar-refractivity contribution in [3.63, 3.8) is 0 Å². The van der Waals surface area contributed by atoms with Gasteiger partial charge in [0.25, 0.3) is 5.91 Å². The summed E-state index contributed by atoms with van der Waals surface area (Å²) in [5.74, 6) is 1.38. The van der Waals surface area contributed by atoms with Crippen LogP contribution in [0.5, 0.6) is 11.5 Å². The summed E-state index contributed by atoms with van der Waals surface area (Å²) in [7, 11) is 0. The molecule has 0 aliphatic rings. The lowest BCUT2D eigenvalue weighted by molar-refractivity contribution is -0.127. The molecule has 0 radical (unpaired) electrons. The van der Waals surface area contributed by atoms with E-state index in [0.717, 1.165) is 22.1 Å². The Balaban J connectivity index is 1.48. The van der Waals surface area contributed by atoms with Crippen LogP contribution in [0.2, 0.25) is 0 Å². The summed E-state index contributed by atoms with van der Waals surface area (Å²) >= 11 is 0. The van der Waals surface area contributed by atoms with E-state index in [9.17, 15) is 4.79 Å². The normalized spacial score (nSPS) is 11.8. The van der Waals surface area contributed by atoms with Crippen molar-refractivity contribution in [3.8, 4) is 11.5 Å². The van der Waals surface area contributed by atoms with Crippen molar-refractivity contribution >= 4 is 16.7 Å². The van der Waals surface area contributed by atoms with Gasteiger partial charge in [-0.2, -0.15) is 0 Å². The van der Waals surface area contributed by atoms with Crippen molar-refractivity contribution in [1.82, 2.24) is 5.32 Å². The monoisotopic (exact) mass is 363 g/mol. The molecule has 0 saturated heterocycles. The molecule has 0 saturated carbocycles. The molecule has 3 aromatic carbocycles. The molecule has 0 aromatic heterocycles. The predicted octanol–water partition coefficient (Wildman–Crippen LogP) is 4.42. The number of ether oxygens (including phenoxy) is 2. The van der Waals surface area contributed by atoms with Crippen LogP contribution in [0.15, 0.2) is 60.7 Å². The summed E-state index contributed by atoms with van der Waals surface area (Å²) < 4.78 is 11.5. The Morgan fingerprint density at radius 1 is 1.00 bits per heavy atom. The van der Waals surface area contributed by atoms with Crippen LogP contribution in [0.3, 0.4) is 0 Å². The molecule has 0 spiro atoms. The van der Waals surface area contributed by atoms with Crippen molar-refractivity contribution in [2.24, 2.45) is 0 Å². The zero-order chi connectivity index (χ0) is 19.2. The van der Waals surface area contributed by atoms with E-state index in [1.165, 1.54) is 5.56 Å². The van der Waals surface area contributed by atoms with E-state index in [-0.39, 0.29) is 5.91 Å². The number of amides is 1. The Kier molecular flexibility index (Phi) is 5.97. The largest absolute Gasteiger partial charge is 0.491 e. The molecule has 1 N–H and O–H groups in total. The Morgan fingerprint density at radius 3 is 2.59 bits per heavy atom. The van der Waals surface area contributed by atoms with E-state index in [1.54, 1.807) is 6.92 Å². The smallest absolute Gasteiger partial charge is 0.260 e. The molecule has 0 bridgehead atoms. The topological polar surface area (TPSA) is 47.6 Å². The summed E-state index contributed by atoms with van der Waals surface area (Å²) in [6.07, 6.45) is -0.577. The summed E-state index contributed by atoms with van der Waals surface area (Å²) in [6, 6.07) is 19.8. The Labute approximate surface area is 160 Å². The second-order valence-corrected chi connectivity index (χ2v) is 6.61. The zero-order valence-corrected chi connectivity index (χ0v) is 16.0. The van der Waals surface area contributed by atoms with Crippen molar-refractivity contribution in [3.05, 3.63) is 71.8 Å². The van der Waals surface area contributed by atoms with Crippen LogP contribution in [-0.2, 0) is 4.79 Å². The van der Waals surface area contributed by atoms with Gasteiger partial charge in [0.05, 0.1) is 6.54 Å². The van der Waals surface area contributed by atoms with Gasteiger partial charge in [0.2, 0.25) is 0 Å². The molecule has 0 fully saturated rings. The van der Waals surface area contributed by atoms with Gasteiger partial charge in [-0.1, -0.05) is 42.5 Å². The summed E-state index contributed by atoms with van der Waals surface area (Å²) in [5.41, 5.74) is 2.31. The number of nitrogens with one attached hydrogen (secondary N) is 1. The van der Waals surface area contributed by atoms with Crippen molar-refractivity contribution in [1.29, 1.82) is 0 Å². The fraction of sp³-hybridized carbons (Fsp3) is 0.261. The summed E-state index contributed by atoms with van der Waals surface area (Å²) in [4.78, 5) is 12.3. The first-order chi connectivity index (χ1) is 13.0. The molecule has 0 unspecified atom stereocenters. The number of hydrogen-bond donors (Lipinski definition) is 1. The molecule has 0 aliphatic heterocycles. The molecule has 1 atom stereocenters. The number of aryl methyl sites for hydroxylation is 1. The molecule has 3 aromatic rings. The first-order valence-corrected chi connectivity index (χ1v) is 9.17. The lowest BCUT2D eigenvalue weighted by Gasteiger charge is -2.16. The molecule has 3 rings (SSSR count). The average Bonchev–Trinajstić information content (AvgIpc) is 2.68. The molecular weight excluding hydrogens is 338 g/mol. The highest BCUT2D eigenvalue weighted by Crippen LogP contribution is 2.22. The highest BCUT2D eigenvalue weighted by molar-refractivity contribution is 5.84. The first kappa shape index (κ1) is 18.8. The number of benzene rings is 3. The zero-order valence-electron chi connectivity index (χ0n) is 16.0. The van der Waals surface area contributed by atoms with Gasteiger partial charge < -0.3 is 14.8 Å². The SMILES string of the molecule is Cc1cccc(OCCNC(=O)[C@@H](C)Oc2ccc3ccccc3c2)c1C. The molecule has 0 aliphatic carbocycles. The summed E-state index contributed by atoms with van der Waals surface area (Å²) in [5, 5.41) is 5.09. The van der Waals surface area contributed by atoms with Crippen LogP contribution in [0.25, 0.3) is 10.8 Å². The third-order valence-electron chi connectivity index (χ3n) is 4.62. The second-order valence-electron chi connectivity index (χ2n) is 6.61. The van der Waals surface area contributed by atoms with E-state index in [2.05, 4.69) is 18.3 Å². The minimum Gasteiger partial charge on any atom is -0.491 e. The number of rotatable bonds is 7. The maximum absolute atomic E-state index is 12.3. The van der Waals surface area contributed by atoms with Gasteiger partial charge in [0.15, 0.2) is 6.10 Å². The van der Waals surface area contributed by atoms with Gasteiger partial charge in [-0.25, -0.2) is 0 Å². The van der Waals surface area contributed by atoms with Crippen molar-refractivity contribution in [2.75, 3.05) is 13.2 Å². The van der Waals surface area contributed by atoms with Crippen LogP contribution < -0.4 is 14.8 Å². The van der Waals surface area contributed by atoms with Crippen LogP contribution in [0.4, 0.5) is 0 Å². The minimum absolute atomic E-state index is 0.160. The van der Waals surface area contributed by atoms with Gasteiger partial charge >= 0.3 is 0 Å². The van der Waals surface area contributed by atoms with E-state index < -0.39 is 6.10 Å². The quantitative estimate of drug-likeness (QED) is 0.632. The summed E-state index contributed by atoms with van der Waals surface area (Å²) in [6.45, 7) is 6.67. The number of fused-ring (bicyclic) bond motifs is 1. The first-order valence-electron chi connectivity index (χ1n) is 9.17. The standard InChI is InChI=1S/C23H25NO3/c1-16-7-6-10-22(17(16)2)26-14-13-24-23(25)18(3)27-21-12-11-19-8-4-5-9-20(19)15-21/h4-12,15,18H,13-14H2,1-3H3,(H,24,25)/t18-/m1/s1. The second kappa shape index (κ2) is 8.58. The van der Waals surface area contributed by atoms with E-state index in [0.29, 0.717) is 18.9 Å². The molecule has 140 valence electrons. The van der Waals surface area contributed by atoms with Gasteiger partial charge in [-0.15, -0.1) is 0 Å². The Morgan fingerprint density at radius 2 is 1.78 bits per heavy atom. The predicted molar refractivity (Wildman–Crippen MR) is 108 cm³/mol. The molecule has 0 heterocycles. The third kappa shape index (κ3) is 4.79. The third-order valence-corrected chi connectivity index (χ3v) is 4.62. The van der Waals surface area contributed by atoms with E-state index in [1.807, 2.05) is 61.5 Å². The molecular formula is C23H25NO3. The Hall–Kier alpha value is -3.01. The molecule has 1 amide bonds. The number of carbonyl (C=O) groups excluding carboxylic acids is 1. The number of carbonyl (C=O) groups is 1. The molecule has 4 heteroatoms. The van der Waals surface area contributed by atoms with Crippen LogP contribution >= 0.6 is 0 Å². The minimum atomic E-state index is -0.577. The highest BCUT2D eigenvalue weighted by atomic mass is 16.5. The maximum atomic E-state index is 12.3. The molecule has 27 heavy (non-hydrogen) atoms. The van der Waals surface area contributed by atoms with Crippen LogP contribution in [0, 0.1) is 13.8 Å². The lowest BCUT2D eigenvalue weighted by atomic mass is 10.1. The van der Waals surface area contributed by atoms with Crippen LogP contribution in [0.1, 0.15) is 18.1 Å². The van der Waals surface area contributed by atoms with Crippen molar-refractivity contribution in [2.45, 2.75) is 26.9 Å². The average molecular weight is 363 g/mol. The highest BCUT2D eigenvalue weighted by Gasteiger charge is 2.14. The molecule has 4 nitrogen and oxygen atoms in total. The lowest BCUT2D eigenvalue weighted by Crippen LogP contribution is -2.38. The van der Waals surface area contributed by atoms with E-state index in [4.69, 9.17) is 9.47 Å². The Bertz CT molecular complexity index is 936. The fourth-order valence-electron chi connectivity index (χ4n) is 2.86. The maximum Gasteiger partial charge on any atom is 0.260 e. The van der Waals surface area contributed by atoms with Crippen LogP contribution in [-0.4, -0.2) is 25.2 Å². The van der Waals surface area contributed by atoms with Crippen molar-refractivity contribution < 1.29 is 14.3 Å². The van der Waals surface area contributed by atoms with Gasteiger partial charge in [-0.05, 0) is 60.9 Å². The fourth-order valence-corrected chi connectivity index (χ4v) is 2.86. The van der Waals surface area contributed by atoms with Gasteiger partial charge in [-0.3, -0.25) is 4.79 Å². The van der Waals surface area contributed by atoms with Gasteiger partial charge in [0, 0.05) is 0 Å².